The highest BCUT2D eigenvalue weighted by atomic mass is 14.7. The van der Waals surface area contributed by atoms with E-state index in [0.29, 0.717) is 5.92 Å². The molecule has 0 aromatic heterocycles. The Labute approximate surface area is 86.9 Å². The summed E-state index contributed by atoms with van der Waals surface area (Å²) in [6, 6.07) is 10.5. The standard InChI is InChI=1S/C13H19N/c1-11(2)12(3)14-10-9-13-7-5-4-6-8-13/h4-8,11H,9-10H2,1-3H3. The lowest BCUT2D eigenvalue weighted by atomic mass is 10.1. The summed E-state index contributed by atoms with van der Waals surface area (Å²) in [5.74, 6) is 0.575. The second-order valence-corrected chi connectivity index (χ2v) is 3.91. The van der Waals surface area contributed by atoms with Crippen molar-refractivity contribution in [2.24, 2.45) is 10.9 Å². The van der Waals surface area contributed by atoms with Gasteiger partial charge >= 0.3 is 0 Å². The highest BCUT2D eigenvalue weighted by Crippen LogP contribution is 2.01. The monoisotopic (exact) mass is 189 g/mol. The van der Waals surface area contributed by atoms with Gasteiger partial charge in [0.25, 0.3) is 0 Å². The summed E-state index contributed by atoms with van der Waals surface area (Å²) in [5, 5.41) is 0. The Bertz CT molecular complexity index is 285. The lowest BCUT2D eigenvalue weighted by molar-refractivity contribution is 0.854. The topological polar surface area (TPSA) is 12.4 Å². The molecule has 0 amide bonds. The van der Waals surface area contributed by atoms with Gasteiger partial charge in [-0.05, 0) is 24.8 Å². The molecule has 14 heavy (non-hydrogen) atoms. The van der Waals surface area contributed by atoms with Crippen LogP contribution in [-0.2, 0) is 6.42 Å². The number of benzene rings is 1. The number of hydrogen-bond acceptors (Lipinski definition) is 1. The molecule has 0 aliphatic rings. The molecule has 1 rings (SSSR count). The Morgan fingerprint density at radius 3 is 2.43 bits per heavy atom. The van der Waals surface area contributed by atoms with E-state index in [-0.39, 0.29) is 0 Å². The second kappa shape index (κ2) is 5.58. The van der Waals surface area contributed by atoms with Gasteiger partial charge in [-0.15, -0.1) is 0 Å². The molecular weight excluding hydrogens is 170 g/mol. The molecule has 0 N–H and O–H groups in total. The minimum Gasteiger partial charge on any atom is -0.294 e. The predicted octanol–water partition coefficient (Wildman–Crippen LogP) is 3.35. The summed E-state index contributed by atoms with van der Waals surface area (Å²) in [7, 11) is 0. The van der Waals surface area contributed by atoms with Crippen LogP contribution in [-0.4, -0.2) is 12.3 Å². The van der Waals surface area contributed by atoms with Crippen molar-refractivity contribution in [1.82, 2.24) is 0 Å². The third kappa shape index (κ3) is 3.73. The van der Waals surface area contributed by atoms with Gasteiger partial charge in [-0.1, -0.05) is 44.2 Å². The van der Waals surface area contributed by atoms with Crippen molar-refractivity contribution >= 4 is 5.71 Å². The molecule has 1 heteroatoms. The molecular formula is C13H19N. The van der Waals surface area contributed by atoms with Gasteiger partial charge in [-0.25, -0.2) is 0 Å². The molecule has 0 atom stereocenters. The van der Waals surface area contributed by atoms with Crippen molar-refractivity contribution in [2.45, 2.75) is 27.2 Å². The van der Waals surface area contributed by atoms with E-state index in [9.17, 15) is 0 Å². The van der Waals surface area contributed by atoms with Crippen LogP contribution in [0.25, 0.3) is 0 Å². The largest absolute Gasteiger partial charge is 0.294 e. The fourth-order valence-corrected chi connectivity index (χ4v) is 1.19. The first kappa shape index (κ1) is 11.0. The van der Waals surface area contributed by atoms with Gasteiger partial charge in [0.1, 0.15) is 0 Å². The first-order chi connectivity index (χ1) is 6.70. The van der Waals surface area contributed by atoms with Gasteiger partial charge in [0, 0.05) is 12.3 Å². The van der Waals surface area contributed by atoms with Gasteiger partial charge < -0.3 is 0 Å². The van der Waals surface area contributed by atoms with Crippen LogP contribution in [0.2, 0.25) is 0 Å². The molecule has 0 aliphatic carbocycles. The number of aliphatic imine (C=N–C) groups is 1. The van der Waals surface area contributed by atoms with E-state index in [4.69, 9.17) is 0 Å². The molecule has 0 radical (unpaired) electrons. The Balaban J connectivity index is 2.39. The zero-order valence-corrected chi connectivity index (χ0v) is 9.33. The Morgan fingerprint density at radius 2 is 1.86 bits per heavy atom. The molecule has 76 valence electrons. The quantitative estimate of drug-likeness (QED) is 0.644. The normalized spacial score (nSPS) is 12.1. The van der Waals surface area contributed by atoms with Crippen LogP contribution in [0.5, 0.6) is 0 Å². The summed E-state index contributed by atoms with van der Waals surface area (Å²) in [6.07, 6.45) is 1.05. The Morgan fingerprint density at radius 1 is 1.21 bits per heavy atom. The third-order valence-electron chi connectivity index (χ3n) is 2.44. The second-order valence-electron chi connectivity index (χ2n) is 3.91. The zero-order valence-electron chi connectivity index (χ0n) is 9.33. The Kier molecular flexibility index (Phi) is 4.37. The van der Waals surface area contributed by atoms with Gasteiger partial charge in [-0.2, -0.15) is 0 Å². The minimum absolute atomic E-state index is 0.575. The van der Waals surface area contributed by atoms with Crippen molar-refractivity contribution in [3.8, 4) is 0 Å². The molecule has 1 aromatic rings. The summed E-state index contributed by atoms with van der Waals surface area (Å²) in [4.78, 5) is 4.54. The number of nitrogens with zero attached hydrogens (tertiary/aromatic N) is 1. The average Bonchev–Trinajstić information content (AvgIpc) is 2.19. The van der Waals surface area contributed by atoms with Crippen LogP contribution in [0, 0.1) is 5.92 Å². The SMILES string of the molecule is CC(=NCCc1ccccc1)C(C)C. The van der Waals surface area contributed by atoms with Crippen molar-refractivity contribution in [2.75, 3.05) is 6.54 Å². The fourth-order valence-electron chi connectivity index (χ4n) is 1.19. The Hall–Kier alpha value is -1.11. The maximum absolute atomic E-state index is 4.54. The van der Waals surface area contributed by atoms with Crippen LogP contribution in [0.15, 0.2) is 35.3 Å². The highest BCUT2D eigenvalue weighted by Gasteiger charge is 1.96. The maximum Gasteiger partial charge on any atom is 0.0429 e. The van der Waals surface area contributed by atoms with E-state index in [1.807, 2.05) is 6.07 Å². The summed E-state index contributed by atoms with van der Waals surface area (Å²) >= 11 is 0. The number of rotatable bonds is 4. The van der Waals surface area contributed by atoms with Crippen LogP contribution in [0.1, 0.15) is 26.3 Å². The molecule has 0 saturated heterocycles. The molecule has 0 aliphatic heterocycles. The van der Waals surface area contributed by atoms with Crippen LogP contribution in [0.4, 0.5) is 0 Å². The lowest BCUT2D eigenvalue weighted by Crippen LogP contribution is -2.03. The average molecular weight is 189 g/mol. The lowest BCUT2D eigenvalue weighted by Gasteiger charge is -2.03. The highest BCUT2D eigenvalue weighted by molar-refractivity contribution is 5.83. The summed E-state index contributed by atoms with van der Waals surface area (Å²) in [5.41, 5.74) is 2.62. The van der Waals surface area contributed by atoms with E-state index >= 15 is 0 Å². The molecule has 0 fully saturated rings. The van der Waals surface area contributed by atoms with Crippen LogP contribution < -0.4 is 0 Å². The smallest absolute Gasteiger partial charge is 0.0429 e. The van der Waals surface area contributed by atoms with Crippen LogP contribution >= 0.6 is 0 Å². The van der Waals surface area contributed by atoms with E-state index in [1.54, 1.807) is 0 Å². The first-order valence-corrected chi connectivity index (χ1v) is 5.25. The molecule has 0 heterocycles. The van der Waals surface area contributed by atoms with Crippen molar-refractivity contribution in [1.29, 1.82) is 0 Å². The van der Waals surface area contributed by atoms with E-state index < -0.39 is 0 Å². The molecule has 0 saturated carbocycles. The summed E-state index contributed by atoms with van der Waals surface area (Å²) in [6.45, 7) is 7.38. The summed E-state index contributed by atoms with van der Waals surface area (Å²) < 4.78 is 0. The molecule has 1 nitrogen and oxygen atoms in total. The molecule has 0 spiro atoms. The van der Waals surface area contributed by atoms with Crippen molar-refractivity contribution in [3.63, 3.8) is 0 Å². The molecule has 0 bridgehead atoms. The maximum atomic E-state index is 4.54. The van der Waals surface area contributed by atoms with Crippen molar-refractivity contribution in [3.05, 3.63) is 35.9 Å². The minimum atomic E-state index is 0.575. The molecule has 1 aromatic carbocycles. The predicted molar refractivity (Wildman–Crippen MR) is 63.0 cm³/mol. The van der Waals surface area contributed by atoms with Gasteiger partial charge in [0.2, 0.25) is 0 Å². The third-order valence-corrected chi connectivity index (χ3v) is 2.44. The van der Waals surface area contributed by atoms with E-state index in [0.717, 1.165) is 13.0 Å². The van der Waals surface area contributed by atoms with Gasteiger partial charge in [0.15, 0.2) is 0 Å². The van der Waals surface area contributed by atoms with Gasteiger partial charge in [-0.3, -0.25) is 4.99 Å². The molecule has 0 unspecified atom stereocenters. The first-order valence-electron chi connectivity index (χ1n) is 5.25. The van der Waals surface area contributed by atoms with Gasteiger partial charge in [0.05, 0.1) is 0 Å². The number of hydrogen-bond donors (Lipinski definition) is 0. The van der Waals surface area contributed by atoms with Crippen molar-refractivity contribution < 1.29 is 0 Å². The van der Waals surface area contributed by atoms with Crippen LogP contribution in [0.3, 0.4) is 0 Å². The van der Waals surface area contributed by atoms with E-state index in [2.05, 4.69) is 50.0 Å². The fraction of sp³-hybridized carbons (Fsp3) is 0.462. The zero-order chi connectivity index (χ0) is 10.4. The van der Waals surface area contributed by atoms with E-state index in [1.165, 1.54) is 11.3 Å².